The van der Waals surface area contributed by atoms with E-state index in [1.54, 1.807) is 13.0 Å². The van der Waals surface area contributed by atoms with Crippen LogP contribution in [0.1, 0.15) is 16.7 Å². The van der Waals surface area contributed by atoms with Crippen LogP contribution in [0.5, 0.6) is 5.75 Å². The molecule has 23 heavy (non-hydrogen) atoms. The molecular weight excluding hydrogens is 296 g/mol. The maximum absolute atomic E-state index is 12.0. The molecule has 6 heteroatoms. The van der Waals surface area contributed by atoms with E-state index in [4.69, 9.17) is 4.74 Å². The lowest BCUT2D eigenvalue weighted by atomic mass is 10.1. The van der Waals surface area contributed by atoms with E-state index in [0.717, 1.165) is 16.8 Å². The summed E-state index contributed by atoms with van der Waals surface area (Å²) < 4.78 is 5.39. The number of nitro groups is 1. The summed E-state index contributed by atoms with van der Waals surface area (Å²) in [6, 6.07) is 10.2. The van der Waals surface area contributed by atoms with Gasteiger partial charge in [0.1, 0.15) is 5.75 Å². The molecule has 0 fully saturated rings. The molecule has 120 valence electrons. The van der Waals surface area contributed by atoms with Crippen molar-refractivity contribution in [1.82, 2.24) is 0 Å². The Bertz CT molecular complexity index is 756. The van der Waals surface area contributed by atoms with Crippen LogP contribution in [0.15, 0.2) is 36.4 Å². The Hall–Kier alpha value is -2.89. The second kappa shape index (κ2) is 6.91. The number of nitro benzene ring substituents is 1. The topological polar surface area (TPSA) is 81.5 Å². The summed E-state index contributed by atoms with van der Waals surface area (Å²) >= 11 is 0. The Morgan fingerprint density at radius 1 is 1.13 bits per heavy atom. The third-order valence-electron chi connectivity index (χ3n) is 3.40. The molecule has 0 saturated carbocycles. The van der Waals surface area contributed by atoms with Gasteiger partial charge in [-0.05, 0) is 50.1 Å². The highest BCUT2D eigenvalue weighted by atomic mass is 16.6. The minimum absolute atomic E-state index is 0.0252. The average molecular weight is 314 g/mol. The first-order valence-corrected chi connectivity index (χ1v) is 7.12. The van der Waals surface area contributed by atoms with Gasteiger partial charge in [-0.3, -0.25) is 14.9 Å². The van der Waals surface area contributed by atoms with Crippen molar-refractivity contribution < 1.29 is 14.5 Å². The molecule has 0 bridgehead atoms. The third-order valence-corrected chi connectivity index (χ3v) is 3.40. The van der Waals surface area contributed by atoms with Gasteiger partial charge in [0.15, 0.2) is 6.61 Å². The van der Waals surface area contributed by atoms with Gasteiger partial charge < -0.3 is 10.1 Å². The molecule has 0 saturated heterocycles. The minimum atomic E-state index is -0.452. The molecular formula is C17H18N2O4. The lowest BCUT2D eigenvalue weighted by Crippen LogP contribution is -2.20. The summed E-state index contributed by atoms with van der Waals surface area (Å²) in [5.74, 6) is 0.138. The fraction of sp³-hybridized carbons (Fsp3) is 0.235. The summed E-state index contributed by atoms with van der Waals surface area (Å²) in [4.78, 5) is 22.3. The average Bonchev–Trinajstić information content (AvgIpc) is 2.48. The van der Waals surface area contributed by atoms with E-state index in [2.05, 4.69) is 5.32 Å². The van der Waals surface area contributed by atoms with Crippen LogP contribution in [0.3, 0.4) is 0 Å². The number of carbonyl (C=O) groups is 1. The number of rotatable bonds is 5. The lowest BCUT2D eigenvalue weighted by Gasteiger charge is -2.10. The molecule has 2 aromatic rings. The van der Waals surface area contributed by atoms with E-state index in [0.29, 0.717) is 11.3 Å². The summed E-state index contributed by atoms with van der Waals surface area (Å²) in [7, 11) is 0. The van der Waals surface area contributed by atoms with Crippen molar-refractivity contribution in [3.05, 3.63) is 63.2 Å². The number of nitrogens with zero attached hydrogens (tertiary/aromatic N) is 1. The van der Waals surface area contributed by atoms with Gasteiger partial charge in [0.2, 0.25) is 0 Å². The van der Waals surface area contributed by atoms with Gasteiger partial charge in [-0.1, -0.05) is 12.1 Å². The van der Waals surface area contributed by atoms with E-state index in [-0.39, 0.29) is 18.2 Å². The van der Waals surface area contributed by atoms with Gasteiger partial charge in [0.05, 0.1) is 4.92 Å². The zero-order valence-electron chi connectivity index (χ0n) is 13.3. The summed E-state index contributed by atoms with van der Waals surface area (Å²) in [5.41, 5.74) is 3.28. The lowest BCUT2D eigenvalue weighted by molar-refractivity contribution is -0.385. The van der Waals surface area contributed by atoms with Crippen molar-refractivity contribution in [2.45, 2.75) is 20.8 Å². The molecule has 0 radical (unpaired) electrons. The third kappa shape index (κ3) is 4.29. The van der Waals surface area contributed by atoms with Gasteiger partial charge in [-0.2, -0.15) is 0 Å². The highest BCUT2D eigenvalue weighted by molar-refractivity contribution is 5.92. The molecule has 2 rings (SSSR count). The SMILES string of the molecule is Cc1ccc(C)c(NC(=O)COc2ccc([N+](=O)[O-])c(C)c2)c1. The van der Waals surface area contributed by atoms with Crippen molar-refractivity contribution in [1.29, 1.82) is 0 Å². The summed E-state index contributed by atoms with van der Waals surface area (Å²) in [6.07, 6.45) is 0. The normalized spacial score (nSPS) is 10.2. The molecule has 0 unspecified atom stereocenters. The fourth-order valence-electron chi connectivity index (χ4n) is 2.13. The number of aryl methyl sites for hydroxylation is 3. The monoisotopic (exact) mass is 314 g/mol. The van der Waals surface area contributed by atoms with Crippen molar-refractivity contribution in [3.8, 4) is 5.75 Å². The number of ether oxygens (including phenoxy) is 1. The van der Waals surface area contributed by atoms with E-state index >= 15 is 0 Å². The van der Waals surface area contributed by atoms with Gasteiger partial charge in [-0.15, -0.1) is 0 Å². The van der Waals surface area contributed by atoms with Crippen LogP contribution in [0.2, 0.25) is 0 Å². The number of hydrogen-bond donors (Lipinski definition) is 1. The predicted molar refractivity (Wildman–Crippen MR) is 87.9 cm³/mol. The molecule has 1 amide bonds. The van der Waals surface area contributed by atoms with E-state index < -0.39 is 4.92 Å². The first-order chi connectivity index (χ1) is 10.9. The Labute approximate surface area is 134 Å². The molecule has 0 aliphatic carbocycles. The van der Waals surface area contributed by atoms with Crippen LogP contribution >= 0.6 is 0 Å². The smallest absolute Gasteiger partial charge is 0.272 e. The quantitative estimate of drug-likeness (QED) is 0.676. The molecule has 0 heterocycles. The minimum Gasteiger partial charge on any atom is -0.484 e. The number of benzene rings is 2. The molecule has 1 N–H and O–H groups in total. The fourth-order valence-corrected chi connectivity index (χ4v) is 2.13. The highest BCUT2D eigenvalue weighted by Crippen LogP contribution is 2.23. The molecule has 0 aliphatic rings. The molecule has 0 spiro atoms. The van der Waals surface area contributed by atoms with E-state index in [9.17, 15) is 14.9 Å². The Balaban J connectivity index is 1.98. The maximum atomic E-state index is 12.0. The number of hydrogen-bond acceptors (Lipinski definition) is 4. The zero-order chi connectivity index (χ0) is 17.0. The van der Waals surface area contributed by atoms with Crippen LogP contribution in [0.25, 0.3) is 0 Å². The Morgan fingerprint density at radius 2 is 1.87 bits per heavy atom. The second-order valence-electron chi connectivity index (χ2n) is 5.36. The van der Waals surface area contributed by atoms with Gasteiger partial charge in [0.25, 0.3) is 11.6 Å². The molecule has 6 nitrogen and oxygen atoms in total. The Kier molecular flexibility index (Phi) is 4.95. The van der Waals surface area contributed by atoms with Crippen LogP contribution in [0, 0.1) is 30.9 Å². The van der Waals surface area contributed by atoms with Crippen molar-refractivity contribution in [2.75, 3.05) is 11.9 Å². The molecule has 0 atom stereocenters. The zero-order valence-corrected chi connectivity index (χ0v) is 13.3. The number of amides is 1. The summed E-state index contributed by atoms with van der Waals surface area (Å²) in [5, 5.41) is 13.6. The maximum Gasteiger partial charge on any atom is 0.272 e. The number of carbonyl (C=O) groups excluding carboxylic acids is 1. The van der Waals surface area contributed by atoms with Crippen LogP contribution in [-0.2, 0) is 4.79 Å². The van der Waals surface area contributed by atoms with Crippen molar-refractivity contribution in [3.63, 3.8) is 0 Å². The first kappa shape index (κ1) is 16.5. The second-order valence-corrected chi connectivity index (χ2v) is 5.36. The van der Waals surface area contributed by atoms with Crippen LogP contribution in [-0.4, -0.2) is 17.4 Å². The van der Waals surface area contributed by atoms with Crippen LogP contribution in [0.4, 0.5) is 11.4 Å². The highest BCUT2D eigenvalue weighted by Gasteiger charge is 2.12. The molecule has 2 aromatic carbocycles. The standard InChI is InChI=1S/C17H18N2O4/c1-11-4-5-12(2)15(8-11)18-17(20)10-23-14-6-7-16(19(21)22)13(3)9-14/h4-9H,10H2,1-3H3,(H,18,20). The van der Waals surface area contributed by atoms with Crippen molar-refractivity contribution >= 4 is 17.3 Å². The Morgan fingerprint density at radius 3 is 2.52 bits per heavy atom. The molecule has 0 aromatic heterocycles. The largest absolute Gasteiger partial charge is 0.484 e. The number of anilines is 1. The number of nitrogens with one attached hydrogen (secondary N) is 1. The molecule has 0 aliphatic heterocycles. The first-order valence-electron chi connectivity index (χ1n) is 7.12. The van der Waals surface area contributed by atoms with E-state index in [1.165, 1.54) is 12.1 Å². The van der Waals surface area contributed by atoms with Gasteiger partial charge in [0, 0.05) is 17.3 Å². The van der Waals surface area contributed by atoms with Crippen molar-refractivity contribution in [2.24, 2.45) is 0 Å². The van der Waals surface area contributed by atoms with Gasteiger partial charge >= 0.3 is 0 Å². The van der Waals surface area contributed by atoms with Crippen LogP contribution < -0.4 is 10.1 Å². The van der Waals surface area contributed by atoms with E-state index in [1.807, 2.05) is 32.0 Å². The summed E-state index contributed by atoms with van der Waals surface area (Å²) in [6.45, 7) is 5.33. The predicted octanol–water partition coefficient (Wildman–Crippen LogP) is 3.54. The van der Waals surface area contributed by atoms with Gasteiger partial charge in [-0.25, -0.2) is 0 Å².